The summed E-state index contributed by atoms with van der Waals surface area (Å²) in [7, 11) is 0. The first-order valence-electron chi connectivity index (χ1n) is 7.73. The van der Waals surface area contributed by atoms with Crippen LogP contribution >= 0.6 is 24.0 Å². The molecule has 0 aliphatic carbocycles. The van der Waals surface area contributed by atoms with Gasteiger partial charge >= 0.3 is 6.36 Å². The van der Waals surface area contributed by atoms with Gasteiger partial charge in [0.15, 0.2) is 5.96 Å². The number of aliphatic hydroxyl groups excluding tert-OH is 1. The summed E-state index contributed by atoms with van der Waals surface area (Å²) in [6.07, 6.45) is -5.40. The zero-order valence-electron chi connectivity index (χ0n) is 13.9. The van der Waals surface area contributed by atoms with Crippen molar-refractivity contribution in [2.24, 2.45) is 10.7 Å². The number of rotatable bonds is 6. The number of benzene rings is 1. The van der Waals surface area contributed by atoms with E-state index in [0.29, 0.717) is 25.4 Å². The summed E-state index contributed by atoms with van der Waals surface area (Å²) < 4.78 is 45.3. The molecule has 0 amide bonds. The lowest BCUT2D eigenvalue weighted by Gasteiger charge is -2.28. The van der Waals surface area contributed by atoms with E-state index >= 15 is 0 Å². The number of aliphatic hydroxyl groups is 1. The SMILES string of the molecule is I.NC(=NCC(O)CN1CCOCC1)Nc1ccc(OC(F)(F)F)cc1. The van der Waals surface area contributed by atoms with Crippen LogP contribution in [0, 0.1) is 0 Å². The number of morpholine rings is 1. The minimum absolute atomic E-state index is 0. The topological polar surface area (TPSA) is 92.3 Å². The number of nitrogens with two attached hydrogens (primary N) is 1. The summed E-state index contributed by atoms with van der Waals surface area (Å²) in [5.41, 5.74) is 6.17. The number of nitrogens with one attached hydrogen (secondary N) is 1. The second kappa shape index (κ2) is 10.7. The molecule has 148 valence electrons. The summed E-state index contributed by atoms with van der Waals surface area (Å²) in [5.74, 6) is -0.264. The van der Waals surface area contributed by atoms with Gasteiger partial charge in [-0.1, -0.05) is 0 Å². The molecule has 4 N–H and O–H groups in total. The average Bonchev–Trinajstić information content (AvgIpc) is 2.54. The van der Waals surface area contributed by atoms with Crippen molar-refractivity contribution in [3.8, 4) is 5.75 Å². The van der Waals surface area contributed by atoms with Crippen molar-refractivity contribution >= 4 is 35.6 Å². The largest absolute Gasteiger partial charge is 0.573 e. The van der Waals surface area contributed by atoms with E-state index in [1.165, 1.54) is 12.1 Å². The summed E-state index contributed by atoms with van der Waals surface area (Å²) in [4.78, 5) is 6.11. The van der Waals surface area contributed by atoms with Gasteiger partial charge in [0.05, 0.1) is 25.9 Å². The maximum Gasteiger partial charge on any atom is 0.573 e. The van der Waals surface area contributed by atoms with Crippen LogP contribution in [-0.4, -0.2) is 67.8 Å². The van der Waals surface area contributed by atoms with E-state index in [4.69, 9.17) is 10.5 Å². The van der Waals surface area contributed by atoms with E-state index in [2.05, 4.69) is 19.9 Å². The molecule has 0 spiro atoms. The molecule has 1 aromatic carbocycles. The van der Waals surface area contributed by atoms with Crippen LogP contribution in [0.25, 0.3) is 0 Å². The van der Waals surface area contributed by atoms with E-state index < -0.39 is 12.5 Å². The lowest BCUT2D eigenvalue weighted by atomic mass is 10.3. The Morgan fingerprint density at radius 2 is 1.92 bits per heavy atom. The fraction of sp³-hybridized carbons (Fsp3) is 0.533. The molecule has 1 saturated heterocycles. The molecule has 7 nitrogen and oxygen atoms in total. The summed E-state index contributed by atoms with van der Waals surface area (Å²) in [6.45, 7) is 3.41. The van der Waals surface area contributed by atoms with Crippen molar-refractivity contribution in [2.45, 2.75) is 12.5 Å². The van der Waals surface area contributed by atoms with Crippen molar-refractivity contribution in [2.75, 3.05) is 44.7 Å². The van der Waals surface area contributed by atoms with Gasteiger partial charge in [0.25, 0.3) is 0 Å². The Balaban J connectivity index is 0.00000338. The number of hydrogen-bond acceptors (Lipinski definition) is 5. The summed E-state index contributed by atoms with van der Waals surface area (Å²) in [6, 6.07) is 5.09. The van der Waals surface area contributed by atoms with Crippen molar-refractivity contribution < 1.29 is 27.8 Å². The van der Waals surface area contributed by atoms with Gasteiger partial charge in [0.1, 0.15) is 5.75 Å². The van der Waals surface area contributed by atoms with Crippen LogP contribution in [0.3, 0.4) is 0 Å². The number of halogens is 4. The number of nitrogens with zero attached hydrogens (tertiary/aromatic N) is 2. The number of β-amino-alcohol motifs (C(OH)–C–C–N with tert-alkyl or cyclic N) is 1. The first-order chi connectivity index (χ1) is 11.8. The zero-order chi connectivity index (χ0) is 18.3. The van der Waals surface area contributed by atoms with E-state index in [1.54, 1.807) is 0 Å². The average molecular weight is 490 g/mol. The molecule has 1 aromatic rings. The Bertz CT molecular complexity index is 566. The molecule has 2 rings (SSSR count). The molecule has 0 bridgehead atoms. The van der Waals surface area contributed by atoms with E-state index in [-0.39, 0.29) is 42.2 Å². The number of alkyl halides is 3. The molecule has 1 aliphatic heterocycles. The minimum atomic E-state index is -4.73. The number of guanidine groups is 1. The maximum absolute atomic E-state index is 12.1. The first-order valence-corrected chi connectivity index (χ1v) is 7.73. The van der Waals surface area contributed by atoms with Gasteiger partial charge in [-0.3, -0.25) is 9.89 Å². The molecule has 26 heavy (non-hydrogen) atoms. The molecule has 1 aliphatic rings. The smallest absolute Gasteiger partial charge is 0.406 e. The highest BCUT2D eigenvalue weighted by molar-refractivity contribution is 14.0. The van der Waals surface area contributed by atoms with Gasteiger partial charge < -0.3 is 25.6 Å². The van der Waals surface area contributed by atoms with Crippen LogP contribution in [0.5, 0.6) is 5.75 Å². The Kier molecular flexibility index (Phi) is 9.39. The third kappa shape index (κ3) is 8.87. The van der Waals surface area contributed by atoms with Crippen molar-refractivity contribution in [3.63, 3.8) is 0 Å². The van der Waals surface area contributed by atoms with Crippen molar-refractivity contribution in [1.29, 1.82) is 0 Å². The Hall–Kier alpha value is -1.31. The van der Waals surface area contributed by atoms with Gasteiger partial charge in [-0.05, 0) is 24.3 Å². The van der Waals surface area contributed by atoms with E-state index in [9.17, 15) is 18.3 Å². The van der Waals surface area contributed by atoms with Crippen molar-refractivity contribution in [1.82, 2.24) is 4.90 Å². The Labute approximate surface area is 166 Å². The number of hydrogen-bond donors (Lipinski definition) is 3. The summed E-state index contributed by atoms with van der Waals surface area (Å²) in [5, 5.41) is 12.7. The van der Waals surface area contributed by atoms with Crippen LogP contribution < -0.4 is 15.8 Å². The number of aliphatic imine (C=N–C) groups is 1. The third-order valence-electron chi connectivity index (χ3n) is 3.41. The number of ether oxygens (including phenoxy) is 2. The zero-order valence-corrected chi connectivity index (χ0v) is 16.2. The Morgan fingerprint density at radius 1 is 1.31 bits per heavy atom. The Morgan fingerprint density at radius 3 is 2.50 bits per heavy atom. The predicted molar refractivity (Wildman–Crippen MR) is 102 cm³/mol. The molecule has 11 heteroatoms. The number of anilines is 1. The molecular weight excluding hydrogens is 468 g/mol. The van der Waals surface area contributed by atoms with Crippen LogP contribution in [0.4, 0.5) is 18.9 Å². The molecule has 1 unspecified atom stereocenters. The third-order valence-corrected chi connectivity index (χ3v) is 3.41. The highest BCUT2D eigenvalue weighted by Crippen LogP contribution is 2.23. The minimum Gasteiger partial charge on any atom is -0.406 e. The predicted octanol–water partition coefficient (Wildman–Crippen LogP) is 1.62. The van der Waals surface area contributed by atoms with Crippen LogP contribution in [0.15, 0.2) is 29.3 Å². The lowest BCUT2D eigenvalue weighted by molar-refractivity contribution is -0.274. The van der Waals surface area contributed by atoms with Gasteiger partial charge in [-0.2, -0.15) is 0 Å². The molecule has 0 aromatic heterocycles. The molecule has 1 atom stereocenters. The van der Waals surface area contributed by atoms with Crippen LogP contribution in [-0.2, 0) is 4.74 Å². The highest BCUT2D eigenvalue weighted by Gasteiger charge is 2.30. The van der Waals surface area contributed by atoms with Crippen molar-refractivity contribution in [3.05, 3.63) is 24.3 Å². The van der Waals surface area contributed by atoms with Crippen LogP contribution in [0.1, 0.15) is 0 Å². The molecule has 0 radical (unpaired) electrons. The molecular formula is C15H22F3IN4O3. The fourth-order valence-corrected chi connectivity index (χ4v) is 2.27. The van der Waals surface area contributed by atoms with Gasteiger partial charge in [0, 0.05) is 25.3 Å². The normalized spacial score (nSPS) is 17.3. The van der Waals surface area contributed by atoms with Crippen LogP contribution in [0.2, 0.25) is 0 Å². The highest BCUT2D eigenvalue weighted by atomic mass is 127. The monoisotopic (exact) mass is 490 g/mol. The standard InChI is InChI=1S/C15H21F3N4O3.HI/c16-15(17,18)25-13-3-1-11(2-4-13)21-14(19)20-9-12(23)10-22-5-7-24-8-6-22;/h1-4,12,23H,5-10H2,(H3,19,20,21);1H. The first kappa shape index (κ1) is 22.7. The summed E-state index contributed by atoms with van der Waals surface area (Å²) >= 11 is 0. The fourth-order valence-electron chi connectivity index (χ4n) is 2.27. The lowest BCUT2D eigenvalue weighted by Crippen LogP contribution is -2.42. The molecule has 0 saturated carbocycles. The van der Waals surface area contributed by atoms with Gasteiger partial charge in [0.2, 0.25) is 0 Å². The van der Waals surface area contributed by atoms with E-state index in [1.807, 2.05) is 0 Å². The maximum atomic E-state index is 12.1. The second-order valence-electron chi connectivity index (χ2n) is 5.49. The second-order valence-corrected chi connectivity index (χ2v) is 5.49. The molecule has 1 fully saturated rings. The van der Waals surface area contributed by atoms with Gasteiger partial charge in [-0.15, -0.1) is 37.1 Å². The van der Waals surface area contributed by atoms with Gasteiger partial charge in [-0.25, -0.2) is 0 Å². The quantitative estimate of drug-likeness (QED) is 0.319. The molecule has 1 heterocycles. The van der Waals surface area contributed by atoms with E-state index in [0.717, 1.165) is 25.2 Å².